The highest BCUT2D eigenvalue weighted by atomic mass is 32.2. The van der Waals surface area contributed by atoms with E-state index < -0.39 is 15.7 Å². The van der Waals surface area contributed by atoms with E-state index in [1.54, 1.807) is 13.0 Å². The highest BCUT2D eigenvalue weighted by Gasteiger charge is 2.22. The fourth-order valence-electron chi connectivity index (χ4n) is 1.48. The third kappa shape index (κ3) is 2.37. The Labute approximate surface area is 108 Å². The number of sulfone groups is 1. The lowest BCUT2D eigenvalue weighted by molar-refractivity contribution is 0.599. The van der Waals surface area contributed by atoms with Crippen LogP contribution in [-0.2, 0) is 9.84 Å². The molecule has 18 heavy (non-hydrogen) atoms. The molecule has 2 aromatic rings. The number of nitrogen functional groups attached to an aromatic ring is 1. The Morgan fingerprint density at radius 3 is 2.78 bits per heavy atom. The molecule has 1 aromatic carbocycles. The summed E-state index contributed by atoms with van der Waals surface area (Å²) in [6.45, 7) is 1.54. The van der Waals surface area contributed by atoms with E-state index in [2.05, 4.69) is 4.98 Å². The maximum absolute atomic E-state index is 13.2. The fraction of sp³-hybridized carbons (Fsp3) is 0.182. The fourth-order valence-corrected chi connectivity index (χ4v) is 3.91. The van der Waals surface area contributed by atoms with Gasteiger partial charge in [-0.2, -0.15) is 0 Å². The van der Waals surface area contributed by atoms with E-state index in [4.69, 9.17) is 5.73 Å². The molecule has 0 spiro atoms. The molecule has 2 N–H and O–H groups in total. The van der Waals surface area contributed by atoms with Crippen LogP contribution in [0.1, 0.15) is 6.92 Å². The second-order valence-corrected chi connectivity index (χ2v) is 7.11. The minimum absolute atomic E-state index is 0.0447. The maximum atomic E-state index is 13.2. The number of hydrogen-bond acceptors (Lipinski definition) is 5. The van der Waals surface area contributed by atoms with Crippen molar-refractivity contribution in [2.45, 2.75) is 11.1 Å². The smallest absolute Gasteiger partial charge is 0.189 e. The number of anilines is 1. The first-order valence-corrected chi connectivity index (χ1v) is 7.66. The van der Waals surface area contributed by atoms with E-state index in [1.165, 1.54) is 18.2 Å². The molecule has 2 rings (SSSR count). The van der Waals surface area contributed by atoms with Crippen LogP contribution in [0.3, 0.4) is 0 Å². The molecular weight excluding hydrogens is 275 g/mol. The molecule has 0 fully saturated rings. The Morgan fingerprint density at radius 2 is 2.17 bits per heavy atom. The van der Waals surface area contributed by atoms with Crippen molar-refractivity contribution in [3.63, 3.8) is 0 Å². The molecule has 4 nitrogen and oxygen atoms in total. The highest BCUT2D eigenvalue weighted by molar-refractivity contribution is 7.93. The number of benzene rings is 1. The van der Waals surface area contributed by atoms with Crippen molar-refractivity contribution in [1.29, 1.82) is 0 Å². The number of hydrogen-bond donors (Lipinski definition) is 1. The van der Waals surface area contributed by atoms with Gasteiger partial charge in [-0.05, 0) is 12.1 Å². The number of nitrogens with two attached hydrogens (primary N) is 1. The zero-order valence-corrected chi connectivity index (χ0v) is 11.2. The molecule has 7 heteroatoms. The molecule has 0 atom stereocenters. The number of nitrogens with zero attached hydrogens (tertiary/aromatic N) is 1. The quantitative estimate of drug-likeness (QED) is 0.939. The van der Waals surface area contributed by atoms with E-state index in [0.717, 1.165) is 11.3 Å². The van der Waals surface area contributed by atoms with Crippen LogP contribution in [0, 0.1) is 5.82 Å². The molecule has 0 aliphatic carbocycles. The van der Waals surface area contributed by atoms with Crippen LogP contribution >= 0.6 is 11.3 Å². The monoisotopic (exact) mass is 286 g/mol. The minimum atomic E-state index is -3.42. The normalized spacial score (nSPS) is 11.7. The summed E-state index contributed by atoms with van der Waals surface area (Å²) in [5.41, 5.74) is 6.19. The van der Waals surface area contributed by atoms with Crippen molar-refractivity contribution < 1.29 is 12.8 Å². The van der Waals surface area contributed by atoms with Gasteiger partial charge in [0, 0.05) is 5.56 Å². The van der Waals surface area contributed by atoms with E-state index in [9.17, 15) is 12.8 Å². The zero-order valence-electron chi connectivity index (χ0n) is 9.55. The third-order valence-corrected chi connectivity index (χ3v) is 5.58. The van der Waals surface area contributed by atoms with Crippen molar-refractivity contribution in [3.05, 3.63) is 30.1 Å². The second-order valence-electron chi connectivity index (χ2n) is 3.60. The molecule has 0 aliphatic rings. The van der Waals surface area contributed by atoms with Crippen molar-refractivity contribution in [1.82, 2.24) is 4.98 Å². The predicted molar refractivity (Wildman–Crippen MR) is 69.6 cm³/mol. The topological polar surface area (TPSA) is 73.0 Å². The van der Waals surface area contributed by atoms with Gasteiger partial charge in [-0.15, -0.1) is 0 Å². The molecule has 0 unspecified atom stereocenters. The SMILES string of the molecule is CCS(=O)(=O)c1sc(N)nc1-c1cccc(F)c1. The predicted octanol–water partition coefficient (Wildman–Crippen LogP) is 2.33. The molecule has 1 heterocycles. The zero-order chi connectivity index (χ0) is 13.3. The number of thiazole rings is 1. The number of halogens is 1. The first kappa shape index (κ1) is 13.0. The van der Waals surface area contributed by atoms with Crippen LogP contribution < -0.4 is 5.73 Å². The number of aromatic nitrogens is 1. The van der Waals surface area contributed by atoms with E-state index >= 15 is 0 Å². The van der Waals surface area contributed by atoms with Crippen LogP contribution in [0.25, 0.3) is 11.3 Å². The van der Waals surface area contributed by atoms with Gasteiger partial charge in [-0.25, -0.2) is 17.8 Å². The average Bonchev–Trinajstić information content (AvgIpc) is 2.72. The Balaban J connectivity index is 2.66. The second kappa shape index (κ2) is 4.66. The van der Waals surface area contributed by atoms with E-state index in [0.29, 0.717) is 5.56 Å². The first-order valence-electron chi connectivity index (χ1n) is 5.19. The van der Waals surface area contributed by atoms with Crippen LogP contribution in [-0.4, -0.2) is 19.2 Å². The summed E-state index contributed by atoms with van der Waals surface area (Å²) in [6, 6.07) is 5.63. The van der Waals surface area contributed by atoms with Crippen molar-refractivity contribution >= 4 is 26.3 Å². The highest BCUT2D eigenvalue weighted by Crippen LogP contribution is 2.34. The molecule has 0 saturated heterocycles. The lowest BCUT2D eigenvalue weighted by atomic mass is 10.2. The van der Waals surface area contributed by atoms with Gasteiger partial charge in [0.1, 0.15) is 15.7 Å². The summed E-state index contributed by atoms with van der Waals surface area (Å²) in [5, 5.41) is 0.154. The summed E-state index contributed by atoms with van der Waals surface area (Å²) >= 11 is 0.903. The largest absolute Gasteiger partial charge is 0.375 e. The molecule has 96 valence electrons. The first-order chi connectivity index (χ1) is 8.44. The Hall–Kier alpha value is -1.47. The summed E-state index contributed by atoms with van der Waals surface area (Å²) in [7, 11) is -3.42. The standard InChI is InChI=1S/C11H11FN2O2S2/c1-2-18(15,16)10-9(14-11(13)17-10)7-4-3-5-8(12)6-7/h3-6H,2H2,1H3,(H2,13,14). The summed E-state index contributed by atoms with van der Waals surface area (Å²) in [6.07, 6.45) is 0. The van der Waals surface area contributed by atoms with Gasteiger partial charge < -0.3 is 5.73 Å². The van der Waals surface area contributed by atoms with Gasteiger partial charge in [0.25, 0.3) is 0 Å². The minimum Gasteiger partial charge on any atom is -0.375 e. The van der Waals surface area contributed by atoms with Crippen molar-refractivity contribution in [2.24, 2.45) is 0 Å². The van der Waals surface area contributed by atoms with Crippen LogP contribution in [0.4, 0.5) is 9.52 Å². The molecule has 0 amide bonds. The van der Waals surface area contributed by atoms with Gasteiger partial charge in [-0.1, -0.05) is 30.4 Å². The Bertz CT molecular complexity index is 680. The van der Waals surface area contributed by atoms with Gasteiger partial charge in [0.05, 0.1) is 5.75 Å². The van der Waals surface area contributed by atoms with Gasteiger partial charge in [0.15, 0.2) is 15.0 Å². The van der Waals surface area contributed by atoms with Gasteiger partial charge in [-0.3, -0.25) is 0 Å². The van der Waals surface area contributed by atoms with Crippen LogP contribution in [0.5, 0.6) is 0 Å². The average molecular weight is 286 g/mol. The Morgan fingerprint density at radius 1 is 1.44 bits per heavy atom. The summed E-state index contributed by atoms with van der Waals surface area (Å²) in [5.74, 6) is -0.490. The summed E-state index contributed by atoms with van der Waals surface area (Å²) in [4.78, 5) is 3.99. The maximum Gasteiger partial charge on any atom is 0.189 e. The van der Waals surface area contributed by atoms with E-state index in [-0.39, 0.29) is 20.8 Å². The third-order valence-electron chi connectivity index (χ3n) is 2.37. The summed E-state index contributed by atoms with van der Waals surface area (Å²) < 4.78 is 37.1. The van der Waals surface area contributed by atoms with Gasteiger partial charge in [0.2, 0.25) is 0 Å². The van der Waals surface area contributed by atoms with Gasteiger partial charge >= 0.3 is 0 Å². The van der Waals surface area contributed by atoms with Crippen LogP contribution in [0.2, 0.25) is 0 Å². The van der Waals surface area contributed by atoms with Crippen molar-refractivity contribution in [2.75, 3.05) is 11.5 Å². The lowest BCUT2D eigenvalue weighted by Gasteiger charge is -2.02. The van der Waals surface area contributed by atoms with E-state index in [1.807, 2.05) is 0 Å². The molecule has 0 aliphatic heterocycles. The molecule has 0 bridgehead atoms. The molecule has 0 saturated carbocycles. The molecule has 1 aromatic heterocycles. The van der Waals surface area contributed by atoms with Crippen molar-refractivity contribution in [3.8, 4) is 11.3 Å². The lowest BCUT2D eigenvalue weighted by Crippen LogP contribution is -2.03. The van der Waals surface area contributed by atoms with Crippen LogP contribution in [0.15, 0.2) is 28.5 Å². The number of rotatable bonds is 3. The molecular formula is C11H11FN2O2S2. The Kier molecular flexibility index (Phi) is 3.36. The molecule has 0 radical (unpaired) electrons.